The van der Waals surface area contributed by atoms with Crippen molar-refractivity contribution in [2.24, 2.45) is 0 Å². The van der Waals surface area contributed by atoms with E-state index in [1.807, 2.05) is 36.4 Å². The zero-order valence-electron chi connectivity index (χ0n) is 17.1. The third-order valence-corrected chi connectivity index (χ3v) is 4.49. The molecule has 1 aliphatic rings. The molecule has 154 valence electrons. The SMILES string of the molecule is CC(C)(C)OC(=O)Nc1ccc(C2CCCN2C(=O)OCc2ccccc2)cn1. The van der Waals surface area contributed by atoms with Crippen LogP contribution in [-0.4, -0.2) is 34.2 Å². The Kier molecular flexibility index (Phi) is 6.36. The summed E-state index contributed by atoms with van der Waals surface area (Å²) >= 11 is 0. The van der Waals surface area contributed by atoms with Gasteiger partial charge in [0.15, 0.2) is 0 Å². The average molecular weight is 397 g/mol. The molecule has 1 fully saturated rings. The first kappa shape index (κ1) is 20.6. The quantitative estimate of drug-likeness (QED) is 0.793. The number of amides is 2. The van der Waals surface area contributed by atoms with Gasteiger partial charge >= 0.3 is 12.2 Å². The van der Waals surface area contributed by atoms with E-state index in [0.717, 1.165) is 24.0 Å². The molecule has 1 unspecified atom stereocenters. The van der Waals surface area contributed by atoms with Gasteiger partial charge in [-0.15, -0.1) is 0 Å². The van der Waals surface area contributed by atoms with Gasteiger partial charge in [0.05, 0.1) is 6.04 Å². The molecule has 0 aliphatic carbocycles. The highest BCUT2D eigenvalue weighted by Gasteiger charge is 2.31. The molecule has 7 nitrogen and oxygen atoms in total. The molecule has 0 radical (unpaired) electrons. The summed E-state index contributed by atoms with van der Waals surface area (Å²) in [4.78, 5) is 30.4. The van der Waals surface area contributed by atoms with E-state index in [4.69, 9.17) is 9.47 Å². The summed E-state index contributed by atoms with van der Waals surface area (Å²) in [6.45, 7) is 6.30. The van der Waals surface area contributed by atoms with Crippen LogP contribution >= 0.6 is 0 Å². The normalized spacial score (nSPS) is 16.4. The molecule has 1 aromatic heterocycles. The molecule has 2 heterocycles. The first-order valence-electron chi connectivity index (χ1n) is 9.75. The van der Waals surface area contributed by atoms with Gasteiger partial charge < -0.3 is 14.4 Å². The number of benzene rings is 1. The number of hydrogen-bond donors (Lipinski definition) is 1. The highest BCUT2D eigenvalue weighted by molar-refractivity contribution is 5.83. The highest BCUT2D eigenvalue weighted by atomic mass is 16.6. The maximum atomic E-state index is 12.6. The maximum absolute atomic E-state index is 12.6. The molecular weight excluding hydrogens is 370 g/mol. The lowest BCUT2D eigenvalue weighted by Gasteiger charge is -2.24. The van der Waals surface area contributed by atoms with Crippen LogP contribution in [0.2, 0.25) is 0 Å². The molecule has 2 amide bonds. The molecule has 3 rings (SSSR count). The summed E-state index contributed by atoms with van der Waals surface area (Å²) in [7, 11) is 0. The lowest BCUT2D eigenvalue weighted by Crippen LogP contribution is -2.31. The van der Waals surface area contributed by atoms with Gasteiger partial charge in [-0.2, -0.15) is 0 Å². The molecule has 7 heteroatoms. The van der Waals surface area contributed by atoms with Crippen LogP contribution in [0.15, 0.2) is 48.7 Å². The fourth-order valence-electron chi connectivity index (χ4n) is 3.22. The number of likely N-dealkylation sites (tertiary alicyclic amines) is 1. The Bertz CT molecular complexity index is 831. The van der Waals surface area contributed by atoms with E-state index in [9.17, 15) is 9.59 Å². The Morgan fingerprint density at radius 1 is 1.17 bits per heavy atom. The molecule has 1 N–H and O–H groups in total. The number of nitrogens with one attached hydrogen (secondary N) is 1. The molecule has 2 aromatic rings. The first-order chi connectivity index (χ1) is 13.8. The second-order valence-corrected chi connectivity index (χ2v) is 8.00. The highest BCUT2D eigenvalue weighted by Crippen LogP contribution is 2.32. The number of aromatic nitrogens is 1. The lowest BCUT2D eigenvalue weighted by atomic mass is 10.1. The molecule has 1 saturated heterocycles. The largest absolute Gasteiger partial charge is 0.445 e. The van der Waals surface area contributed by atoms with E-state index in [1.54, 1.807) is 37.9 Å². The van der Waals surface area contributed by atoms with E-state index in [0.29, 0.717) is 12.4 Å². The zero-order valence-corrected chi connectivity index (χ0v) is 17.1. The fourth-order valence-corrected chi connectivity index (χ4v) is 3.22. The monoisotopic (exact) mass is 397 g/mol. The standard InChI is InChI=1S/C22H27N3O4/c1-22(2,3)29-20(26)24-19-12-11-17(14-23-19)18-10-7-13-25(18)21(27)28-15-16-8-5-4-6-9-16/h4-6,8-9,11-12,14,18H,7,10,13,15H2,1-3H3,(H,23,24,26). The topological polar surface area (TPSA) is 80.8 Å². The van der Waals surface area contributed by atoms with Crippen LogP contribution in [0.25, 0.3) is 0 Å². The summed E-state index contributed by atoms with van der Waals surface area (Å²) in [5, 5.41) is 2.61. The summed E-state index contributed by atoms with van der Waals surface area (Å²) in [5.41, 5.74) is 1.29. The van der Waals surface area contributed by atoms with Crippen molar-refractivity contribution in [1.29, 1.82) is 0 Å². The average Bonchev–Trinajstić information content (AvgIpc) is 3.16. The molecule has 29 heavy (non-hydrogen) atoms. The Balaban J connectivity index is 1.59. The van der Waals surface area contributed by atoms with Crippen molar-refractivity contribution in [3.8, 4) is 0 Å². The molecule has 1 atom stereocenters. The second kappa shape index (κ2) is 8.94. The molecular formula is C22H27N3O4. The minimum absolute atomic E-state index is 0.0821. The van der Waals surface area contributed by atoms with Crippen LogP contribution in [0.1, 0.15) is 50.8 Å². The second-order valence-electron chi connectivity index (χ2n) is 8.00. The van der Waals surface area contributed by atoms with Crippen LogP contribution in [0.3, 0.4) is 0 Å². The van der Waals surface area contributed by atoms with Gasteiger partial charge in [0.25, 0.3) is 0 Å². The zero-order chi connectivity index (χ0) is 20.9. The molecule has 0 spiro atoms. The van der Waals surface area contributed by atoms with E-state index >= 15 is 0 Å². The minimum Gasteiger partial charge on any atom is -0.445 e. The molecule has 0 bridgehead atoms. The van der Waals surface area contributed by atoms with E-state index < -0.39 is 11.7 Å². The summed E-state index contributed by atoms with van der Waals surface area (Å²) < 4.78 is 10.7. The van der Waals surface area contributed by atoms with Crippen LogP contribution in [0.5, 0.6) is 0 Å². The van der Waals surface area contributed by atoms with E-state index in [1.165, 1.54) is 0 Å². The van der Waals surface area contributed by atoms with Gasteiger partial charge in [-0.3, -0.25) is 5.32 Å². The van der Waals surface area contributed by atoms with Crippen LogP contribution in [0, 0.1) is 0 Å². The van der Waals surface area contributed by atoms with Gasteiger partial charge in [0.2, 0.25) is 0 Å². The van der Waals surface area contributed by atoms with Gasteiger partial charge in [-0.05, 0) is 50.8 Å². The van der Waals surface area contributed by atoms with Crippen molar-refractivity contribution in [3.63, 3.8) is 0 Å². The summed E-state index contributed by atoms with van der Waals surface area (Å²) in [6, 6.07) is 13.1. The number of hydrogen-bond acceptors (Lipinski definition) is 5. The number of ether oxygens (including phenoxy) is 2. The van der Waals surface area contributed by atoms with Gasteiger partial charge in [0, 0.05) is 12.7 Å². The smallest absolute Gasteiger partial charge is 0.413 e. The summed E-state index contributed by atoms with van der Waals surface area (Å²) in [5.74, 6) is 0.402. The number of carbonyl (C=O) groups is 2. The molecule has 1 aliphatic heterocycles. The Hall–Kier alpha value is -3.09. The van der Waals surface area contributed by atoms with Gasteiger partial charge in [-0.1, -0.05) is 36.4 Å². The van der Waals surface area contributed by atoms with Gasteiger partial charge in [-0.25, -0.2) is 14.6 Å². The molecule has 1 aromatic carbocycles. The number of anilines is 1. The van der Waals surface area contributed by atoms with Crippen LogP contribution < -0.4 is 5.32 Å². The van der Waals surface area contributed by atoms with Crippen molar-refractivity contribution in [2.75, 3.05) is 11.9 Å². The van der Waals surface area contributed by atoms with Crippen molar-refractivity contribution in [2.45, 2.75) is 51.9 Å². The van der Waals surface area contributed by atoms with Gasteiger partial charge in [0.1, 0.15) is 18.0 Å². The predicted octanol–water partition coefficient (Wildman–Crippen LogP) is 4.90. The van der Waals surface area contributed by atoms with Crippen molar-refractivity contribution in [3.05, 3.63) is 59.8 Å². The Morgan fingerprint density at radius 2 is 1.93 bits per heavy atom. The Morgan fingerprint density at radius 3 is 2.59 bits per heavy atom. The van der Waals surface area contributed by atoms with Crippen LogP contribution in [0.4, 0.5) is 15.4 Å². The molecule has 0 saturated carbocycles. The number of pyridine rings is 1. The Labute approximate surface area is 171 Å². The first-order valence-corrected chi connectivity index (χ1v) is 9.75. The number of carbonyl (C=O) groups excluding carboxylic acids is 2. The maximum Gasteiger partial charge on any atom is 0.413 e. The third kappa shape index (κ3) is 5.94. The van der Waals surface area contributed by atoms with Crippen molar-refractivity contribution >= 4 is 18.0 Å². The number of rotatable bonds is 4. The lowest BCUT2D eigenvalue weighted by molar-refractivity contribution is 0.0635. The minimum atomic E-state index is -0.575. The third-order valence-electron chi connectivity index (χ3n) is 4.49. The van der Waals surface area contributed by atoms with E-state index in [2.05, 4.69) is 10.3 Å². The van der Waals surface area contributed by atoms with E-state index in [-0.39, 0.29) is 18.7 Å². The van der Waals surface area contributed by atoms with Crippen molar-refractivity contribution in [1.82, 2.24) is 9.88 Å². The number of nitrogens with zero attached hydrogens (tertiary/aromatic N) is 2. The van der Waals surface area contributed by atoms with Crippen molar-refractivity contribution < 1.29 is 19.1 Å². The summed E-state index contributed by atoms with van der Waals surface area (Å²) in [6.07, 6.45) is 2.56. The fraction of sp³-hybridized carbons (Fsp3) is 0.409. The van der Waals surface area contributed by atoms with Crippen LogP contribution in [-0.2, 0) is 16.1 Å². The predicted molar refractivity (Wildman–Crippen MR) is 109 cm³/mol.